The zero-order valence-electron chi connectivity index (χ0n) is 7.57. The third-order valence-electron chi connectivity index (χ3n) is 1.90. The highest BCUT2D eigenvalue weighted by atomic mass is 16.3. The maximum absolute atomic E-state index is 9.36. The molecule has 0 aliphatic carbocycles. The number of aryl methyl sites for hydroxylation is 1. The number of benzene rings is 1. The van der Waals surface area contributed by atoms with E-state index in [1.807, 2.05) is 0 Å². The van der Waals surface area contributed by atoms with Crippen LogP contribution < -0.4 is 0 Å². The first kappa shape index (κ1) is 9.86. The molecule has 1 rings (SSSR count). The van der Waals surface area contributed by atoms with E-state index < -0.39 is 0 Å². The van der Waals surface area contributed by atoms with Gasteiger partial charge in [0.25, 0.3) is 0 Å². The third-order valence-corrected chi connectivity index (χ3v) is 1.90. The number of phenolic OH excluding ortho intramolecular Hbond substituents is 2. The van der Waals surface area contributed by atoms with E-state index in [2.05, 4.69) is 0 Å². The highest BCUT2D eigenvalue weighted by molar-refractivity contribution is 5.38. The van der Waals surface area contributed by atoms with Crippen LogP contribution in [0.1, 0.15) is 18.9 Å². The number of hydrogen-bond donors (Lipinski definition) is 3. The minimum Gasteiger partial charge on any atom is -0.508 e. The molecule has 1 atom stereocenters. The Morgan fingerprint density at radius 2 is 2.00 bits per heavy atom. The summed E-state index contributed by atoms with van der Waals surface area (Å²) < 4.78 is 0. The van der Waals surface area contributed by atoms with E-state index in [9.17, 15) is 5.11 Å². The Kier molecular flexibility index (Phi) is 3.14. The lowest BCUT2D eigenvalue weighted by atomic mass is 10.1. The number of phenols is 2. The van der Waals surface area contributed by atoms with Gasteiger partial charge in [-0.2, -0.15) is 0 Å². The second-order valence-corrected chi connectivity index (χ2v) is 3.20. The molecule has 0 fully saturated rings. The predicted octanol–water partition coefficient (Wildman–Crippen LogP) is 1.41. The van der Waals surface area contributed by atoms with Gasteiger partial charge in [0.1, 0.15) is 11.5 Å². The van der Waals surface area contributed by atoms with Crippen molar-refractivity contribution in [3.63, 3.8) is 0 Å². The molecular weight excluding hydrogens is 168 g/mol. The van der Waals surface area contributed by atoms with E-state index in [1.54, 1.807) is 13.0 Å². The van der Waals surface area contributed by atoms with Crippen molar-refractivity contribution in [3.05, 3.63) is 23.8 Å². The molecule has 1 aromatic rings. The molecule has 0 saturated carbocycles. The molecule has 0 radical (unpaired) electrons. The zero-order valence-corrected chi connectivity index (χ0v) is 7.57. The highest BCUT2D eigenvalue weighted by Crippen LogP contribution is 2.23. The van der Waals surface area contributed by atoms with Gasteiger partial charge in [-0.05, 0) is 31.4 Å². The Bertz CT molecular complexity index is 281. The highest BCUT2D eigenvalue weighted by Gasteiger charge is 2.03. The summed E-state index contributed by atoms with van der Waals surface area (Å²) in [5.41, 5.74) is 0.749. The first-order chi connectivity index (χ1) is 6.09. The summed E-state index contributed by atoms with van der Waals surface area (Å²) in [5, 5.41) is 27.4. The van der Waals surface area contributed by atoms with Gasteiger partial charge in [0.15, 0.2) is 0 Å². The SMILES string of the molecule is C[C@H](O)CCc1ccc(O)cc1O. The zero-order chi connectivity index (χ0) is 9.84. The van der Waals surface area contributed by atoms with Crippen molar-refractivity contribution < 1.29 is 15.3 Å². The summed E-state index contributed by atoms with van der Waals surface area (Å²) in [6, 6.07) is 4.49. The molecule has 0 aliphatic rings. The second-order valence-electron chi connectivity index (χ2n) is 3.20. The maximum Gasteiger partial charge on any atom is 0.122 e. The Labute approximate surface area is 77.3 Å². The fourth-order valence-corrected chi connectivity index (χ4v) is 1.13. The first-order valence-corrected chi connectivity index (χ1v) is 4.28. The van der Waals surface area contributed by atoms with Crippen molar-refractivity contribution in [1.82, 2.24) is 0 Å². The molecule has 3 heteroatoms. The molecule has 0 aliphatic heterocycles. The average molecular weight is 182 g/mol. The monoisotopic (exact) mass is 182 g/mol. The number of rotatable bonds is 3. The van der Waals surface area contributed by atoms with Gasteiger partial charge in [0.2, 0.25) is 0 Å². The van der Waals surface area contributed by atoms with Crippen LogP contribution >= 0.6 is 0 Å². The van der Waals surface area contributed by atoms with Gasteiger partial charge >= 0.3 is 0 Å². The Morgan fingerprint density at radius 3 is 2.54 bits per heavy atom. The van der Waals surface area contributed by atoms with Crippen LogP contribution in [0.5, 0.6) is 11.5 Å². The summed E-state index contributed by atoms with van der Waals surface area (Å²) >= 11 is 0. The third kappa shape index (κ3) is 2.95. The van der Waals surface area contributed by atoms with E-state index in [0.29, 0.717) is 12.8 Å². The fourth-order valence-electron chi connectivity index (χ4n) is 1.13. The lowest BCUT2D eigenvalue weighted by molar-refractivity contribution is 0.184. The number of aliphatic hydroxyl groups excluding tert-OH is 1. The van der Waals surface area contributed by atoms with Crippen LogP contribution in [0.4, 0.5) is 0 Å². The van der Waals surface area contributed by atoms with Crippen LogP contribution in [0.25, 0.3) is 0 Å². The van der Waals surface area contributed by atoms with Crippen LogP contribution in [0.2, 0.25) is 0 Å². The van der Waals surface area contributed by atoms with Crippen molar-refractivity contribution in [2.45, 2.75) is 25.9 Å². The number of aliphatic hydroxyl groups is 1. The quantitative estimate of drug-likeness (QED) is 0.662. The maximum atomic E-state index is 9.36. The van der Waals surface area contributed by atoms with Crippen LogP contribution in [0, 0.1) is 0 Å². The second kappa shape index (κ2) is 4.14. The smallest absolute Gasteiger partial charge is 0.122 e. The molecule has 13 heavy (non-hydrogen) atoms. The van der Waals surface area contributed by atoms with Gasteiger partial charge in [0.05, 0.1) is 6.10 Å². The average Bonchev–Trinajstić information content (AvgIpc) is 2.02. The normalized spacial score (nSPS) is 12.8. The number of hydrogen-bond acceptors (Lipinski definition) is 3. The minimum atomic E-state index is -0.367. The molecule has 0 saturated heterocycles. The Hall–Kier alpha value is -1.22. The summed E-state index contributed by atoms with van der Waals surface area (Å²) in [4.78, 5) is 0. The van der Waals surface area contributed by atoms with E-state index in [-0.39, 0.29) is 17.6 Å². The van der Waals surface area contributed by atoms with Crippen LogP contribution in [0.15, 0.2) is 18.2 Å². The van der Waals surface area contributed by atoms with Gasteiger partial charge in [-0.15, -0.1) is 0 Å². The largest absolute Gasteiger partial charge is 0.508 e. The van der Waals surface area contributed by atoms with Gasteiger partial charge in [0, 0.05) is 6.07 Å². The predicted molar refractivity (Wildman–Crippen MR) is 49.8 cm³/mol. The molecule has 3 N–H and O–H groups in total. The molecule has 0 spiro atoms. The molecule has 1 aromatic carbocycles. The lowest BCUT2D eigenvalue weighted by Gasteiger charge is -2.06. The van der Waals surface area contributed by atoms with E-state index in [4.69, 9.17) is 10.2 Å². The van der Waals surface area contributed by atoms with Gasteiger partial charge in [-0.1, -0.05) is 6.07 Å². The topological polar surface area (TPSA) is 60.7 Å². The van der Waals surface area contributed by atoms with Crippen molar-refractivity contribution in [1.29, 1.82) is 0 Å². The van der Waals surface area contributed by atoms with Gasteiger partial charge < -0.3 is 15.3 Å². The van der Waals surface area contributed by atoms with Gasteiger partial charge in [-0.25, -0.2) is 0 Å². The first-order valence-electron chi connectivity index (χ1n) is 4.28. The van der Waals surface area contributed by atoms with Crippen LogP contribution in [-0.2, 0) is 6.42 Å². The van der Waals surface area contributed by atoms with E-state index >= 15 is 0 Å². The lowest BCUT2D eigenvalue weighted by Crippen LogP contribution is -2.01. The minimum absolute atomic E-state index is 0.0540. The van der Waals surface area contributed by atoms with Crippen molar-refractivity contribution >= 4 is 0 Å². The standard InChI is InChI=1S/C10H14O3/c1-7(11)2-3-8-4-5-9(12)6-10(8)13/h4-7,11-13H,2-3H2,1H3/t7-/m0/s1. The molecule has 3 nitrogen and oxygen atoms in total. The summed E-state index contributed by atoms with van der Waals surface area (Å²) in [5.74, 6) is 0.138. The molecule has 0 amide bonds. The van der Waals surface area contributed by atoms with Crippen molar-refractivity contribution in [3.8, 4) is 11.5 Å². The van der Waals surface area contributed by atoms with Crippen LogP contribution in [0.3, 0.4) is 0 Å². The Morgan fingerprint density at radius 1 is 1.31 bits per heavy atom. The van der Waals surface area contributed by atoms with Crippen molar-refractivity contribution in [2.75, 3.05) is 0 Å². The van der Waals surface area contributed by atoms with Gasteiger partial charge in [-0.3, -0.25) is 0 Å². The molecular formula is C10H14O3. The molecule has 72 valence electrons. The van der Waals surface area contributed by atoms with E-state index in [1.165, 1.54) is 12.1 Å². The molecule has 0 unspecified atom stereocenters. The van der Waals surface area contributed by atoms with Crippen molar-refractivity contribution in [2.24, 2.45) is 0 Å². The molecule has 0 heterocycles. The number of aromatic hydroxyl groups is 2. The van der Waals surface area contributed by atoms with Crippen LogP contribution in [-0.4, -0.2) is 21.4 Å². The molecule has 0 aromatic heterocycles. The summed E-state index contributed by atoms with van der Waals surface area (Å²) in [6.07, 6.45) is 0.857. The summed E-state index contributed by atoms with van der Waals surface area (Å²) in [6.45, 7) is 1.71. The molecule has 0 bridgehead atoms. The van der Waals surface area contributed by atoms with E-state index in [0.717, 1.165) is 5.56 Å². The Balaban J connectivity index is 2.67. The fraction of sp³-hybridized carbons (Fsp3) is 0.400. The summed E-state index contributed by atoms with van der Waals surface area (Å²) in [7, 11) is 0.